The SMILES string of the molecule is CCCCCCC(=O)N[C@H](CCC(=O)NC(=N)N[N+](=O)[O-])CNCCC(C)C. The van der Waals surface area contributed by atoms with Gasteiger partial charge in [0, 0.05) is 25.4 Å². The topological polar surface area (TPSA) is 149 Å². The summed E-state index contributed by atoms with van der Waals surface area (Å²) in [5.74, 6) is -0.648. The molecule has 0 aromatic heterocycles. The average molecular weight is 401 g/mol. The molecule has 0 aliphatic rings. The molecule has 5 N–H and O–H groups in total. The van der Waals surface area contributed by atoms with Crippen LogP contribution in [0.25, 0.3) is 0 Å². The zero-order valence-electron chi connectivity index (χ0n) is 17.3. The number of hydrogen-bond donors (Lipinski definition) is 5. The zero-order chi connectivity index (χ0) is 21.4. The lowest BCUT2D eigenvalue weighted by Gasteiger charge is -2.20. The summed E-state index contributed by atoms with van der Waals surface area (Å²) in [5.41, 5.74) is 1.57. The van der Waals surface area contributed by atoms with Crippen LogP contribution in [0, 0.1) is 21.4 Å². The fourth-order valence-electron chi connectivity index (χ4n) is 2.53. The summed E-state index contributed by atoms with van der Waals surface area (Å²) >= 11 is 0. The molecule has 0 saturated carbocycles. The Morgan fingerprint density at radius 3 is 2.39 bits per heavy atom. The number of carbonyl (C=O) groups is 2. The van der Waals surface area contributed by atoms with E-state index in [1.54, 1.807) is 5.43 Å². The van der Waals surface area contributed by atoms with Crippen LogP contribution >= 0.6 is 0 Å². The van der Waals surface area contributed by atoms with Gasteiger partial charge in [0.2, 0.25) is 11.8 Å². The molecule has 162 valence electrons. The predicted octanol–water partition coefficient (Wildman–Crippen LogP) is 1.69. The molecule has 1 atom stereocenters. The summed E-state index contributed by atoms with van der Waals surface area (Å²) < 4.78 is 0. The van der Waals surface area contributed by atoms with Gasteiger partial charge in [0.1, 0.15) is 0 Å². The van der Waals surface area contributed by atoms with Gasteiger partial charge in [-0.05, 0) is 31.7 Å². The molecule has 0 unspecified atom stereocenters. The number of unbranched alkanes of at least 4 members (excludes halogenated alkanes) is 3. The highest BCUT2D eigenvalue weighted by Crippen LogP contribution is 2.04. The van der Waals surface area contributed by atoms with Crippen LogP contribution in [0.2, 0.25) is 0 Å². The van der Waals surface area contributed by atoms with Crippen molar-refractivity contribution in [3.8, 4) is 0 Å². The molecule has 0 aliphatic heterocycles. The summed E-state index contributed by atoms with van der Waals surface area (Å²) in [5, 5.41) is 25.0. The van der Waals surface area contributed by atoms with Crippen LogP contribution in [0.3, 0.4) is 0 Å². The number of nitrogens with one attached hydrogen (secondary N) is 5. The van der Waals surface area contributed by atoms with Crippen molar-refractivity contribution in [2.45, 2.75) is 78.2 Å². The normalized spacial score (nSPS) is 11.7. The molecule has 10 heteroatoms. The number of amides is 2. The minimum absolute atomic E-state index is 0.0325. The van der Waals surface area contributed by atoms with Crippen molar-refractivity contribution in [2.75, 3.05) is 13.1 Å². The molecule has 0 fully saturated rings. The molecule has 0 heterocycles. The lowest BCUT2D eigenvalue weighted by molar-refractivity contribution is -0.525. The summed E-state index contributed by atoms with van der Waals surface area (Å²) in [4.78, 5) is 34.2. The third-order valence-corrected chi connectivity index (χ3v) is 4.10. The van der Waals surface area contributed by atoms with Crippen molar-refractivity contribution in [1.29, 1.82) is 5.41 Å². The van der Waals surface area contributed by atoms with Crippen LogP contribution in [0.1, 0.15) is 72.1 Å². The van der Waals surface area contributed by atoms with Crippen LogP contribution in [0.5, 0.6) is 0 Å². The molecule has 0 aromatic carbocycles. The summed E-state index contributed by atoms with van der Waals surface area (Å²) in [6.45, 7) is 7.76. The largest absolute Gasteiger partial charge is 0.352 e. The Bertz CT molecular complexity index is 498. The quantitative estimate of drug-likeness (QED) is 0.0928. The van der Waals surface area contributed by atoms with Crippen molar-refractivity contribution >= 4 is 17.8 Å². The smallest absolute Gasteiger partial charge is 0.258 e. The minimum Gasteiger partial charge on any atom is -0.352 e. The fraction of sp³-hybridized carbons (Fsp3) is 0.833. The Labute approximate surface area is 167 Å². The van der Waals surface area contributed by atoms with Crippen LogP contribution in [-0.2, 0) is 9.59 Å². The van der Waals surface area contributed by atoms with E-state index >= 15 is 0 Å². The van der Waals surface area contributed by atoms with Gasteiger partial charge in [-0.15, -0.1) is 0 Å². The van der Waals surface area contributed by atoms with Gasteiger partial charge in [0.25, 0.3) is 5.96 Å². The van der Waals surface area contributed by atoms with Gasteiger partial charge in [0.05, 0.1) is 0 Å². The molecule has 0 spiro atoms. The van der Waals surface area contributed by atoms with E-state index in [-0.39, 0.29) is 18.4 Å². The Kier molecular flexibility index (Phi) is 14.5. The van der Waals surface area contributed by atoms with Gasteiger partial charge >= 0.3 is 0 Å². The van der Waals surface area contributed by atoms with Crippen molar-refractivity contribution < 1.29 is 14.6 Å². The number of hydrazine groups is 1. The van der Waals surface area contributed by atoms with Gasteiger partial charge in [-0.2, -0.15) is 0 Å². The van der Waals surface area contributed by atoms with Crippen LogP contribution in [-0.4, -0.2) is 41.9 Å². The van der Waals surface area contributed by atoms with Gasteiger partial charge in [-0.25, -0.2) is 10.1 Å². The molecule has 0 radical (unpaired) electrons. The molecule has 0 aromatic rings. The van der Waals surface area contributed by atoms with Gasteiger partial charge in [-0.3, -0.25) is 20.3 Å². The second-order valence-corrected chi connectivity index (χ2v) is 7.29. The average Bonchev–Trinajstić information content (AvgIpc) is 2.59. The Morgan fingerprint density at radius 2 is 1.79 bits per heavy atom. The Morgan fingerprint density at radius 1 is 1.07 bits per heavy atom. The molecular weight excluding hydrogens is 364 g/mol. The minimum atomic E-state index is -0.914. The Balaban J connectivity index is 4.41. The molecule has 0 bridgehead atoms. The maximum atomic E-state index is 12.1. The highest BCUT2D eigenvalue weighted by Gasteiger charge is 2.15. The highest BCUT2D eigenvalue weighted by molar-refractivity contribution is 5.94. The first-order valence-electron chi connectivity index (χ1n) is 10.0. The van der Waals surface area contributed by atoms with Crippen molar-refractivity contribution in [2.24, 2.45) is 5.92 Å². The number of guanidine groups is 1. The van der Waals surface area contributed by atoms with Crippen LogP contribution < -0.4 is 21.4 Å². The highest BCUT2D eigenvalue weighted by atomic mass is 16.7. The summed E-state index contributed by atoms with van der Waals surface area (Å²) in [6, 6.07) is -0.214. The number of nitrogens with zero attached hydrogens (tertiary/aromatic N) is 1. The molecule has 28 heavy (non-hydrogen) atoms. The first-order valence-corrected chi connectivity index (χ1v) is 10.0. The van der Waals surface area contributed by atoms with Crippen molar-refractivity contribution in [3.63, 3.8) is 0 Å². The predicted molar refractivity (Wildman–Crippen MR) is 108 cm³/mol. The summed E-state index contributed by atoms with van der Waals surface area (Å²) in [6.07, 6.45) is 6.00. The fourth-order valence-corrected chi connectivity index (χ4v) is 2.53. The van der Waals surface area contributed by atoms with E-state index in [2.05, 4.69) is 36.7 Å². The Hall–Kier alpha value is -2.23. The van der Waals surface area contributed by atoms with E-state index in [0.717, 1.165) is 38.6 Å². The third kappa shape index (κ3) is 16.0. The molecule has 10 nitrogen and oxygen atoms in total. The van der Waals surface area contributed by atoms with E-state index in [1.165, 1.54) is 0 Å². The third-order valence-electron chi connectivity index (χ3n) is 4.10. The maximum absolute atomic E-state index is 12.1. The molecule has 0 aliphatic carbocycles. The van der Waals surface area contributed by atoms with Gasteiger partial charge in [0.15, 0.2) is 5.03 Å². The number of nitro groups is 1. The first kappa shape index (κ1) is 25.8. The molecule has 0 rings (SSSR count). The number of hydrogen-bond acceptors (Lipinski definition) is 6. The second kappa shape index (κ2) is 15.8. The number of carbonyl (C=O) groups excluding carboxylic acids is 2. The van der Waals surface area contributed by atoms with Crippen LogP contribution in [0.15, 0.2) is 0 Å². The molecular formula is C18H36N6O4. The van der Waals surface area contributed by atoms with E-state index in [9.17, 15) is 19.7 Å². The molecule has 2 amide bonds. The van der Waals surface area contributed by atoms with Crippen molar-refractivity contribution in [3.05, 3.63) is 10.1 Å². The van der Waals surface area contributed by atoms with Crippen LogP contribution in [0.4, 0.5) is 0 Å². The molecule has 0 saturated heterocycles. The van der Waals surface area contributed by atoms with E-state index in [4.69, 9.17) is 5.41 Å². The lowest BCUT2D eigenvalue weighted by Crippen LogP contribution is -2.45. The zero-order valence-corrected chi connectivity index (χ0v) is 17.3. The van der Waals surface area contributed by atoms with Crippen molar-refractivity contribution in [1.82, 2.24) is 21.4 Å². The first-order chi connectivity index (χ1) is 13.2. The monoisotopic (exact) mass is 400 g/mol. The van der Waals surface area contributed by atoms with E-state index in [1.807, 2.05) is 0 Å². The maximum Gasteiger partial charge on any atom is 0.258 e. The lowest BCUT2D eigenvalue weighted by atomic mass is 10.1. The van der Waals surface area contributed by atoms with Gasteiger partial charge in [-0.1, -0.05) is 45.5 Å². The van der Waals surface area contributed by atoms with E-state index < -0.39 is 16.9 Å². The van der Waals surface area contributed by atoms with E-state index in [0.29, 0.717) is 25.3 Å². The summed E-state index contributed by atoms with van der Waals surface area (Å²) in [7, 11) is 0. The second-order valence-electron chi connectivity index (χ2n) is 7.29. The number of rotatable bonds is 15. The van der Waals surface area contributed by atoms with Gasteiger partial charge < -0.3 is 10.6 Å². The standard InChI is InChI=1S/C18H36N6O4/c1-4-5-6-7-8-16(25)21-15(13-20-12-11-14(2)3)9-10-17(26)22-18(19)23-24(27)28/h14-15,20H,4-13H2,1-3H3,(H,21,25)(H3,19,22,23,26)/t15-/m1/s1.